The van der Waals surface area contributed by atoms with Gasteiger partial charge in [0, 0.05) is 31.3 Å². The van der Waals surface area contributed by atoms with Crippen molar-refractivity contribution in [2.75, 3.05) is 0 Å². The summed E-state index contributed by atoms with van der Waals surface area (Å²) in [5.41, 5.74) is 5.22. The third-order valence-corrected chi connectivity index (χ3v) is 3.27. The molecule has 0 spiro atoms. The molecule has 1 atom stereocenters. The summed E-state index contributed by atoms with van der Waals surface area (Å²) >= 11 is 0. The highest BCUT2D eigenvalue weighted by Crippen LogP contribution is 2.23. The van der Waals surface area contributed by atoms with E-state index in [0.717, 1.165) is 30.8 Å². The topological polar surface area (TPSA) is 68.8 Å². The lowest BCUT2D eigenvalue weighted by atomic mass is 10.0. The maximum Gasteiger partial charge on any atom is 0.131 e. The standard InChI is InChI=1S/C14H21N5/c1-3-8-19-9-7-17-14(19)13(18-15)12-5-6-16-10-11(12)4-2/h5-7,9-10,13,18H,3-4,8,15H2,1-2H3. The van der Waals surface area contributed by atoms with Gasteiger partial charge in [-0.15, -0.1) is 0 Å². The van der Waals surface area contributed by atoms with Gasteiger partial charge in [0.05, 0.1) is 0 Å². The van der Waals surface area contributed by atoms with Crippen molar-refractivity contribution >= 4 is 0 Å². The number of hydrogen-bond acceptors (Lipinski definition) is 4. The van der Waals surface area contributed by atoms with Gasteiger partial charge in [0.15, 0.2) is 0 Å². The van der Waals surface area contributed by atoms with Gasteiger partial charge in [-0.05, 0) is 30.0 Å². The number of hydrogen-bond donors (Lipinski definition) is 2. The van der Waals surface area contributed by atoms with E-state index in [1.807, 2.05) is 24.7 Å². The van der Waals surface area contributed by atoms with Crippen LogP contribution in [0.5, 0.6) is 0 Å². The first-order valence-corrected chi connectivity index (χ1v) is 6.71. The second-order valence-corrected chi connectivity index (χ2v) is 4.51. The highest BCUT2D eigenvalue weighted by Gasteiger charge is 2.19. The molecule has 0 aromatic carbocycles. The van der Waals surface area contributed by atoms with Crippen molar-refractivity contribution in [1.82, 2.24) is 20.0 Å². The molecule has 3 N–H and O–H groups in total. The third-order valence-electron chi connectivity index (χ3n) is 3.27. The van der Waals surface area contributed by atoms with Crippen LogP contribution in [0.2, 0.25) is 0 Å². The molecule has 5 nitrogen and oxygen atoms in total. The molecule has 19 heavy (non-hydrogen) atoms. The summed E-state index contributed by atoms with van der Waals surface area (Å²) in [7, 11) is 0. The second kappa shape index (κ2) is 6.45. The summed E-state index contributed by atoms with van der Waals surface area (Å²) in [5, 5.41) is 0. The Hall–Kier alpha value is -1.72. The molecule has 0 saturated carbocycles. The SMILES string of the molecule is CCCn1ccnc1C(NN)c1ccncc1CC. The zero-order chi connectivity index (χ0) is 13.7. The van der Waals surface area contributed by atoms with Crippen LogP contribution in [0.1, 0.15) is 43.3 Å². The Morgan fingerprint density at radius 1 is 1.37 bits per heavy atom. The molecular formula is C14H21N5. The van der Waals surface area contributed by atoms with E-state index in [2.05, 4.69) is 33.8 Å². The van der Waals surface area contributed by atoms with Gasteiger partial charge in [0.1, 0.15) is 11.9 Å². The van der Waals surface area contributed by atoms with Crippen LogP contribution < -0.4 is 11.3 Å². The lowest BCUT2D eigenvalue weighted by molar-refractivity contribution is 0.542. The summed E-state index contributed by atoms with van der Waals surface area (Å²) in [5.74, 6) is 6.71. The van der Waals surface area contributed by atoms with E-state index in [1.54, 1.807) is 6.20 Å². The third kappa shape index (κ3) is 2.83. The average Bonchev–Trinajstić information content (AvgIpc) is 2.89. The molecule has 0 aliphatic carbocycles. The molecule has 0 saturated heterocycles. The number of hydrazine groups is 1. The fourth-order valence-electron chi connectivity index (χ4n) is 2.33. The summed E-state index contributed by atoms with van der Waals surface area (Å²) in [6.45, 7) is 5.21. The number of nitrogens with zero attached hydrogens (tertiary/aromatic N) is 3. The van der Waals surface area contributed by atoms with Gasteiger partial charge in [-0.2, -0.15) is 0 Å². The highest BCUT2D eigenvalue weighted by molar-refractivity contribution is 5.31. The maximum absolute atomic E-state index is 5.76. The first-order chi connectivity index (χ1) is 9.31. The van der Waals surface area contributed by atoms with Gasteiger partial charge in [0.25, 0.3) is 0 Å². The van der Waals surface area contributed by atoms with Gasteiger partial charge in [-0.3, -0.25) is 10.8 Å². The predicted octanol–water partition coefficient (Wildman–Crippen LogP) is 1.80. The van der Waals surface area contributed by atoms with Crippen molar-refractivity contribution in [1.29, 1.82) is 0 Å². The molecule has 5 heteroatoms. The first-order valence-electron chi connectivity index (χ1n) is 6.71. The molecule has 0 aliphatic heterocycles. The summed E-state index contributed by atoms with van der Waals surface area (Å²) < 4.78 is 2.14. The number of nitrogens with one attached hydrogen (secondary N) is 1. The van der Waals surface area contributed by atoms with Crippen molar-refractivity contribution in [2.45, 2.75) is 39.3 Å². The van der Waals surface area contributed by atoms with Crippen molar-refractivity contribution in [3.63, 3.8) is 0 Å². The second-order valence-electron chi connectivity index (χ2n) is 4.51. The van der Waals surface area contributed by atoms with Gasteiger partial charge < -0.3 is 4.57 Å². The monoisotopic (exact) mass is 259 g/mol. The molecule has 2 rings (SSSR count). The molecule has 2 heterocycles. The van der Waals surface area contributed by atoms with Crippen LogP contribution in [0.4, 0.5) is 0 Å². The van der Waals surface area contributed by atoms with Crippen LogP contribution in [0.25, 0.3) is 0 Å². The smallest absolute Gasteiger partial charge is 0.131 e. The van der Waals surface area contributed by atoms with Crippen LogP contribution in [0.3, 0.4) is 0 Å². The number of aromatic nitrogens is 3. The average molecular weight is 259 g/mol. The van der Waals surface area contributed by atoms with E-state index in [-0.39, 0.29) is 6.04 Å². The summed E-state index contributed by atoms with van der Waals surface area (Å²) in [6, 6.07) is 1.91. The minimum absolute atomic E-state index is 0.0977. The fourth-order valence-corrected chi connectivity index (χ4v) is 2.33. The quantitative estimate of drug-likeness (QED) is 0.613. The number of imidazole rings is 1. The van der Waals surface area contributed by atoms with Gasteiger partial charge in [0.2, 0.25) is 0 Å². The maximum atomic E-state index is 5.76. The van der Waals surface area contributed by atoms with E-state index >= 15 is 0 Å². The Kier molecular flexibility index (Phi) is 4.65. The van der Waals surface area contributed by atoms with Crippen LogP contribution in [-0.2, 0) is 13.0 Å². The number of nitrogens with two attached hydrogens (primary N) is 1. The molecule has 0 aliphatic rings. The Bertz CT molecular complexity index is 520. The predicted molar refractivity (Wildman–Crippen MR) is 75.3 cm³/mol. The minimum Gasteiger partial charge on any atom is -0.333 e. The Labute approximate surface area is 113 Å². The van der Waals surface area contributed by atoms with Gasteiger partial charge >= 0.3 is 0 Å². The molecule has 0 bridgehead atoms. The molecule has 2 aromatic heterocycles. The molecule has 1 unspecified atom stereocenters. The Morgan fingerprint density at radius 3 is 2.89 bits per heavy atom. The van der Waals surface area contributed by atoms with E-state index in [1.165, 1.54) is 5.56 Å². The summed E-state index contributed by atoms with van der Waals surface area (Å²) in [6.07, 6.45) is 9.50. The fraction of sp³-hybridized carbons (Fsp3) is 0.429. The van der Waals surface area contributed by atoms with E-state index in [0.29, 0.717) is 0 Å². The number of pyridine rings is 1. The molecule has 2 aromatic rings. The molecule has 0 radical (unpaired) electrons. The zero-order valence-corrected chi connectivity index (χ0v) is 11.5. The van der Waals surface area contributed by atoms with Gasteiger partial charge in [-0.1, -0.05) is 13.8 Å². The lowest BCUT2D eigenvalue weighted by Gasteiger charge is -2.20. The van der Waals surface area contributed by atoms with E-state index < -0.39 is 0 Å². The van der Waals surface area contributed by atoms with Gasteiger partial charge in [-0.25, -0.2) is 10.4 Å². The Balaban J connectivity index is 2.41. The van der Waals surface area contributed by atoms with E-state index in [9.17, 15) is 0 Å². The number of aryl methyl sites for hydroxylation is 2. The molecule has 0 amide bonds. The Morgan fingerprint density at radius 2 is 2.21 bits per heavy atom. The summed E-state index contributed by atoms with van der Waals surface area (Å²) in [4.78, 5) is 8.63. The molecule has 0 fully saturated rings. The van der Waals surface area contributed by atoms with Crippen LogP contribution in [0.15, 0.2) is 30.9 Å². The van der Waals surface area contributed by atoms with Crippen molar-refractivity contribution in [3.8, 4) is 0 Å². The number of rotatable bonds is 6. The normalized spacial score (nSPS) is 12.6. The minimum atomic E-state index is -0.0977. The highest BCUT2D eigenvalue weighted by atomic mass is 15.3. The van der Waals surface area contributed by atoms with Crippen LogP contribution >= 0.6 is 0 Å². The molecular weight excluding hydrogens is 238 g/mol. The van der Waals surface area contributed by atoms with Crippen molar-refractivity contribution in [3.05, 3.63) is 47.8 Å². The van der Waals surface area contributed by atoms with Crippen LogP contribution in [0, 0.1) is 0 Å². The largest absolute Gasteiger partial charge is 0.333 e. The van der Waals surface area contributed by atoms with Crippen LogP contribution in [-0.4, -0.2) is 14.5 Å². The zero-order valence-electron chi connectivity index (χ0n) is 11.5. The van der Waals surface area contributed by atoms with Crippen molar-refractivity contribution in [2.24, 2.45) is 5.84 Å². The van der Waals surface area contributed by atoms with Crippen molar-refractivity contribution < 1.29 is 0 Å². The first kappa shape index (κ1) is 13.7. The van der Waals surface area contributed by atoms with E-state index in [4.69, 9.17) is 5.84 Å². The lowest BCUT2D eigenvalue weighted by Crippen LogP contribution is -2.32. The molecule has 102 valence electrons.